The van der Waals surface area contributed by atoms with Gasteiger partial charge in [-0.15, -0.1) is 0 Å². The van der Waals surface area contributed by atoms with E-state index in [-0.39, 0.29) is 5.91 Å². The van der Waals surface area contributed by atoms with E-state index in [2.05, 4.69) is 0 Å². The molecule has 0 aromatic rings. The molecule has 1 atom stereocenters. The number of amides is 1. The summed E-state index contributed by atoms with van der Waals surface area (Å²) in [5, 5.41) is 0. The van der Waals surface area contributed by atoms with E-state index in [1.54, 1.807) is 0 Å². The standard InChI is InChI=1S/C11H19F2NO/c1-8(15)14-6-5-9(10(2,3)4)11(12,13)7-14/h9H,5-7H2,1-4H3. The molecule has 1 aliphatic heterocycles. The average Bonchev–Trinajstić information content (AvgIpc) is 1.99. The zero-order chi connectivity index (χ0) is 11.9. The van der Waals surface area contributed by atoms with Crippen LogP contribution in [0.1, 0.15) is 34.1 Å². The minimum absolute atomic E-state index is 0.262. The Labute approximate surface area is 89.6 Å². The van der Waals surface area contributed by atoms with Crippen LogP contribution in [0.5, 0.6) is 0 Å². The number of rotatable bonds is 0. The maximum atomic E-state index is 13.8. The molecule has 88 valence electrons. The summed E-state index contributed by atoms with van der Waals surface area (Å²) in [4.78, 5) is 12.3. The van der Waals surface area contributed by atoms with E-state index in [0.717, 1.165) is 0 Å². The number of piperidine rings is 1. The van der Waals surface area contributed by atoms with Gasteiger partial charge in [0.1, 0.15) is 0 Å². The minimum Gasteiger partial charge on any atom is -0.337 e. The van der Waals surface area contributed by atoms with Crippen LogP contribution in [0.3, 0.4) is 0 Å². The molecule has 0 saturated carbocycles. The number of halogens is 2. The van der Waals surface area contributed by atoms with E-state index in [1.165, 1.54) is 11.8 Å². The molecule has 1 heterocycles. The number of nitrogens with zero attached hydrogens (tertiary/aromatic N) is 1. The van der Waals surface area contributed by atoms with Crippen LogP contribution in [0.2, 0.25) is 0 Å². The number of likely N-dealkylation sites (tertiary alicyclic amines) is 1. The fourth-order valence-electron chi connectivity index (χ4n) is 2.28. The summed E-state index contributed by atoms with van der Waals surface area (Å²) in [6.07, 6.45) is 0.385. The maximum Gasteiger partial charge on any atom is 0.268 e. The summed E-state index contributed by atoms with van der Waals surface area (Å²) in [5.74, 6) is -3.66. The van der Waals surface area contributed by atoms with Crippen LogP contribution in [0.4, 0.5) is 8.78 Å². The minimum atomic E-state index is -2.76. The summed E-state index contributed by atoms with van der Waals surface area (Å²) in [6.45, 7) is 6.85. The second-order valence-corrected chi connectivity index (χ2v) is 5.41. The summed E-state index contributed by atoms with van der Waals surface area (Å²) in [5.41, 5.74) is -0.410. The largest absolute Gasteiger partial charge is 0.337 e. The lowest BCUT2D eigenvalue weighted by atomic mass is 9.73. The zero-order valence-corrected chi connectivity index (χ0v) is 9.81. The summed E-state index contributed by atoms with van der Waals surface area (Å²) < 4.78 is 27.6. The highest BCUT2D eigenvalue weighted by atomic mass is 19.3. The first kappa shape index (κ1) is 12.4. The molecule has 2 nitrogen and oxygen atoms in total. The highest BCUT2D eigenvalue weighted by molar-refractivity contribution is 5.73. The van der Waals surface area contributed by atoms with Gasteiger partial charge in [0.15, 0.2) is 0 Å². The lowest BCUT2D eigenvalue weighted by Gasteiger charge is -2.43. The Morgan fingerprint density at radius 2 is 1.93 bits per heavy atom. The van der Waals surface area contributed by atoms with Crippen LogP contribution in [0.15, 0.2) is 0 Å². The lowest BCUT2D eigenvalue weighted by Crippen LogP contribution is -2.53. The van der Waals surface area contributed by atoms with Crippen molar-refractivity contribution in [3.05, 3.63) is 0 Å². The molecule has 4 heteroatoms. The first-order chi connectivity index (χ1) is 6.64. The van der Waals surface area contributed by atoms with Crippen molar-refractivity contribution in [3.63, 3.8) is 0 Å². The van der Waals surface area contributed by atoms with Gasteiger partial charge in [0.25, 0.3) is 5.92 Å². The quantitative estimate of drug-likeness (QED) is 0.613. The first-order valence-corrected chi connectivity index (χ1v) is 5.28. The topological polar surface area (TPSA) is 20.3 Å². The van der Waals surface area contributed by atoms with Crippen molar-refractivity contribution in [1.82, 2.24) is 4.90 Å². The molecule has 1 unspecified atom stereocenters. The number of carbonyl (C=O) groups excluding carboxylic acids is 1. The van der Waals surface area contributed by atoms with E-state index in [0.29, 0.717) is 13.0 Å². The molecule has 0 N–H and O–H groups in total. The average molecular weight is 219 g/mol. The molecule has 0 radical (unpaired) electrons. The summed E-state index contributed by atoms with van der Waals surface area (Å²) in [6, 6.07) is 0. The predicted octanol–water partition coefficient (Wildman–Crippen LogP) is 2.54. The fourth-order valence-corrected chi connectivity index (χ4v) is 2.28. The third-order valence-corrected chi connectivity index (χ3v) is 3.09. The molecular formula is C11H19F2NO. The van der Waals surface area contributed by atoms with Crippen LogP contribution in [-0.4, -0.2) is 29.8 Å². The van der Waals surface area contributed by atoms with Gasteiger partial charge in [0.2, 0.25) is 5.91 Å². The maximum absolute atomic E-state index is 13.8. The number of carbonyl (C=O) groups is 1. The SMILES string of the molecule is CC(=O)N1CCC(C(C)(C)C)C(F)(F)C1. The number of hydrogen-bond acceptors (Lipinski definition) is 1. The van der Waals surface area contributed by atoms with E-state index >= 15 is 0 Å². The van der Waals surface area contributed by atoms with Crippen molar-refractivity contribution in [1.29, 1.82) is 0 Å². The van der Waals surface area contributed by atoms with Gasteiger partial charge in [-0.3, -0.25) is 4.79 Å². The van der Waals surface area contributed by atoms with Crippen molar-refractivity contribution in [2.75, 3.05) is 13.1 Å². The Kier molecular flexibility index (Phi) is 3.08. The Balaban J connectivity index is 2.80. The fraction of sp³-hybridized carbons (Fsp3) is 0.909. The Morgan fingerprint density at radius 3 is 2.27 bits per heavy atom. The van der Waals surface area contributed by atoms with Crippen LogP contribution in [-0.2, 0) is 4.79 Å². The summed E-state index contributed by atoms with van der Waals surface area (Å²) in [7, 11) is 0. The Bertz CT molecular complexity index is 258. The van der Waals surface area contributed by atoms with Gasteiger partial charge in [-0.1, -0.05) is 20.8 Å². The number of hydrogen-bond donors (Lipinski definition) is 0. The predicted molar refractivity (Wildman–Crippen MR) is 54.8 cm³/mol. The number of alkyl halides is 2. The zero-order valence-electron chi connectivity index (χ0n) is 9.81. The van der Waals surface area contributed by atoms with Gasteiger partial charge in [0.05, 0.1) is 6.54 Å². The molecule has 0 bridgehead atoms. The van der Waals surface area contributed by atoms with Crippen LogP contribution < -0.4 is 0 Å². The van der Waals surface area contributed by atoms with Gasteiger partial charge in [-0.2, -0.15) is 0 Å². The third kappa shape index (κ3) is 2.67. The second-order valence-electron chi connectivity index (χ2n) is 5.41. The highest BCUT2D eigenvalue weighted by Crippen LogP contribution is 2.43. The van der Waals surface area contributed by atoms with Crippen molar-refractivity contribution in [3.8, 4) is 0 Å². The van der Waals surface area contributed by atoms with E-state index in [9.17, 15) is 13.6 Å². The van der Waals surface area contributed by atoms with Gasteiger partial charge in [-0.05, 0) is 11.8 Å². The van der Waals surface area contributed by atoms with E-state index in [1.807, 2.05) is 20.8 Å². The smallest absolute Gasteiger partial charge is 0.268 e. The molecule has 1 fully saturated rings. The Morgan fingerprint density at radius 1 is 1.40 bits per heavy atom. The normalized spacial score (nSPS) is 26.5. The summed E-state index contributed by atoms with van der Waals surface area (Å²) >= 11 is 0. The van der Waals surface area contributed by atoms with E-state index < -0.39 is 23.8 Å². The van der Waals surface area contributed by atoms with Crippen molar-refractivity contribution < 1.29 is 13.6 Å². The van der Waals surface area contributed by atoms with Gasteiger partial charge >= 0.3 is 0 Å². The third-order valence-electron chi connectivity index (χ3n) is 3.09. The van der Waals surface area contributed by atoms with E-state index in [4.69, 9.17) is 0 Å². The van der Waals surface area contributed by atoms with Gasteiger partial charge in [-0.25, -0.2) is 8.78 Å². The highest BCUT2D eigenvalue weighted by Gasteiger charge is 2.50. The molecule has 0 aliphatic carbocycles. The first-order valence-electron chi connectivity index (χ1n) is 5.28. The molecule has 0 aromatic carbocycles. The molecule has 0 spiro atoms. The molecule has 0 aromatic heterocycles. The van der Waals surface area contributed by atoms with Crippen LogP contribution in [0, 0.1) is 11.3 Å². The van der Waals surface area contributed by atoms with Crippen LogP contribution in [0.25, 0.3) is 0 Å². The van der Waals surface area contributed by atoms with Crippen molar-refractivity contribution in [2.24, 2.45) is 11.3 Å². The molecular weight excluding hydrogens is 200 g/mol. The molecule has 1 amide bonds. The Hall–Kier alpha value is -0.670. The molecule has 1 rings (SSSR count). The van der Waals surface area contributed by atoms with Crippen molar-refractivity contribution >= 4 is 5.91 Å². The van der Waals surface area contributed by atoms with Gasteiger partial charge < -0.3 is 4.90 Å². The second kappa shape index (κ2) is 3.72. The molecule has 1 aliphatic rings. The van der Waals surface area contributed by atoms with Gasteiger partial charge in [0, 0.05) is 19.4 Å². The lowest BCUT2D eigenvalue weighted by molar-refractivity contribution is -0.161. The monoisotopic (exact) mass is 219 g/mol. The molecule has 1 saturated heterocycles. The van der Waals surface area contributed by atoms with Crippen molar-refractivity contribution in [2.45, 2.75) is 40.0 Å². The molecule has 15 heavy (non-hydrogen) atoms. The van der Waals surface area contributed by atoms with Crippen LogP contribution >= 0.6 is 0 Å².